The van der Waals surface area contributed by atoms with Crippen molar-refractivity contribution in [1.29, 1.82) is 0 Å². The molecular weight excluding hydrogens is 287 g/mol. The van der Waals surface area contributed by atoms with E-state index >= 15 is 0 Å². The highest BCUT2D eigenvalue weighted by atomic mass is 35.5. The van der Waals surface area contributed by atoms with Crippen molar-refractivity contribution in [3.05, 3.63) is 16.9 Å². The van der Waals surface area contributed by atoms with Crippen molar-refractivity contribution in [3.63, 3.8) is 0 Å². The zero-order valence-electron chi connectivity index (χ0n) is 10.8. The Kier molecular flexibility index (Phi) is 4.38. The minimum absolute atomic E-state index is 0. The normalized spacial score (nSPS) is 25.9. The first-order valence-electron chi connectivity index (χ1n) is 6.37. The molecule has 0 radical (unpaired) electrons. The molecule has 0 bridgehead atoms. The Bertz CT molecular complexity index is 462. The minimum atomic E-state index is -0.0446. The molecule has 3 rings (SSSR count). The number of piperidine rings is 1. The highest BCUT2D eigenvalue weighted by Gasteiger charge is 2.37. The van der Waals surface area contributed by atoms with Crippen LogP contribution in [0.4, 0.5) is 0 Å². The number of nitrogens with one attached hydrogen (secondary N) is 1. The zero-order valence-corrected chi connectivity index (χ0v) is 12.4. The standard InChI is InChI=1S/C12H17ClN4O.ClH/c1-16-6-9(13)11(15-16)12(18)17-5-8-3-2-4-14-10(8)7-17;/h6,8,10,14H,2-5,7H2,1H3;1H/t8-,10+;/m0./s1. The first-order chi connectivity index (χ1) is 8.65. The molecule has 7 heteroatoms. The fraction of sp³-hybridized carbons (Fsp3) is 0.667. The molecule has 2 fully saturated rings. The summed E-state index contributed by atoms with van der Waals surface area (Å²) in [4.78, 5) is 14.2. The molecule has 0 unspecified atom stereocenters. The summed E-state index contributed by atoms with van der Waals surface area (Å²) < 4.78 is 1.58. The van der Waals surface area contributed by atoms with Crippen LogP contribution in [-0.4, -0.2) is 46.3 Å². The summed E-state index contributed by atoms with van der Waals surface area (Å²) in [6, 6.07) is 0.449. The Morgan fingerprint density at radius 3 is 2.95 bits per heavy atom. The van der Waals surface area contributed by atoms with Gasteiger partial charge in [0.05, 0.1) is 5.02 Å². The van der Waals surface area contributed by atoms with Crippen molar-refractivity contribution in [2.45, 2.75) is 18.9 Å². The molecular formula is C12H18Cl2N4O. The molecule has 2 atom stereocenters. The second kappa shape index (κ2) is 5.69. The van der Waals surface area contributed by atoms with Crippen molar-refractivity contribution in [1.82, 2.24) is 20.0 Å². The van der Waals surface area contributed by atoms with Crippen molar-refractivity contribution in [3.8, 4) is 0 Å². The number of nitrogens with zero attached hydrogens (tertiary/aromatic N) is 3. The first kappa shape index (κ1) is 14.6. The molecule has 1 aromatic heterocycles. The second-order valence-corrected chi connectivity index (χ2v) is 5.58. The molecule has 19 heavy (non-hydrogen) atoms. The van der Waals surface area contributed by atoms with Gasteiger partial charge in [0.15, 0.2) is 5.69 Å². The third-order valence-electron chi connectivity index (χ3n) is 3.87. The highest BCUT2D eigenvalue weighted by Crippen LogP contribution is 2.27. The van der Waals surface area contributed by atoms with Crippen LogP contribution in [-0.2, 0) is 7.05 Å². The average molecular weight is 305 g/mol. The van der Waals surface area contributed by atoms with E-state index in [1.54, 1.807) is 17.9 Å². The van der Waals surface area contributed by atoms with Crippen LogP contribution < -0.4 is 5.32 Å². The lowest BCUT2D eigenvalue weighted by atomic mass is 9.94. The van der Waals surface area contributed by atoms with Gasteiger partial charge in [-0.25, -0.2) is 0 Å². The Labute approximate surface area is 123 Å². The highest BCUT2D eigenvalue weighted by molar-refractivity contribution is 6.33. The van der Waals surface area contributed by atoms with E-state index in [2.05, 4.69) is 10.4 Å². The van der Waals surface area contributed by atoms with E-state index in [9.17, 15) is 4.79 Å². The number of aromatic nitrogens is 2. The smallest absolute Gasteiger partial charge is 0.275 e. The molecule has 2 aliphatic rings. The van der Waals surface area contributed by atoms with E-state index in [1.165, 1.54) is 12.8 Å². The van der Waals surface area contributed by atoms with Gasteiger partial charge in [-0.1, -0.05) is 11.6 Å². The Morgan fingerprint density at radius 2 is 2.32 bits per heavy atom. The van der Waals surface area contributed by atoms with Crippen LogP contribution in [0, 0.1) is 5.92 Å². The van der Waals surface area contributed by atoms with Crippen molar-refractivity contribution < 1.29 is 4.79 Å². The monoisotopic (exact) mass is 304 g/mol. The molecule has 1 aromatic rings. The van der Waals surface area contributed by atoms with Gasteiger partial charge in [0.1, 0.15) is 0 Å². The minimum Gasteiger partial charge on any atom is -0.335 e. The van der Waals surface area contributed by atoms with E-state index in [0.717, 1.165) is 19.6 Å². The van der Waals surface area contributed by atoms with Gasteiger partial charge in [-0.15, -0.1) is 12.4 Å². The van der Waals surface area contributed by atoms with E-state index in [1.807, 2.05) is 4.90 Å². The van der Waals surface area contributed by atoms with Crippen LogP contribution in [0.15, 0.2) is 6.20 Å². The topological polar surface area (TPSA) is 50.2 Å². The molecule has 3 heterocycles. The number of carbonyl (C=O) groups excluding carboxylic acids is 1. The SMILES string of the molecule is Cl.Cn1cc(Cl)c(C(=O)N2C[C@@H]3CCCN[C@@H]3C2)n1. The predicted molar refractivity (Wildman–Crippen MR) is 75.9 cm³/mol. The molecule has 106 valence electrons. The number of halogens is 2. The third-order valence-corrected chi connectivity index (χ3v) is 4.15. The number of rotatable bonds is 1. The summed E-state index contributed by atoms with van der Waals surface area (Å²) in [5, 5.41) is 8.07. The number of amides is 1. The lowest BCUT2D eigenvalue weighted by Gasteiger charge is -2.24. The molecule has 0 spiro atoms. The van der Waals surface area contributed by atoms with Crippen LogP contribution in [0.25, 0.3) is 0 Å². The van der Waals surface area contributed by atoms with Crippen molar-refractivity contribution >= 4 is 29.9 Å². The van der Waals surface area contributed by atoms with Gasteiger partial charge < -0.3 is 10.2 Å². The number of hydrogen-bond donors (Lipinski definition) is 1. The molecule has 2 saturated heterocycles. The zero-order chi connectivity index (χ0) is 12.7. The lowest BCUT2D eigenvalue weighted by molar-refractivity contribution is 0.0779. The number of fused-ring (bicyclic) bond motifs is 1. The maximum Gasteiger partial charge on any atom is 0.275 e. The van der Waals surface area contributed by atoms with Gasteiger partial charge in [0.25, 0.3) is 5.91 Å². The molecule has 1 amide bonds. The summed E-state index contributed by atoms with van der Waals surface area (Å²) >= 11 is 6.02. The fourth-order valence-electron chi connectivity index (χ4n) is 2.97. The third kappa shape index (κ3) is 2.73. The van der Waals surface area contributed by atoms with Crippen LogP contribution in [0.3, 0.4) is 0 Å². The van der Waals surface area contributed by atoms with Crippen molar-refractivity contribution in [2.75, 3.05) is 19.6 Å². The van der Waals surface area contributed by atoms with Crippen LogP contribution in [0.2, 0.25) is 5.02 Å². The quantitative estimate of drug-likeness (QED) is 0.851. The Morgan fingerprint density at radius 1 is 1.53 bits per heavy atom. The van der Waals surface area contributed by atoms with Gasteiger partial charge in [-0.05, 0) is 25.3 Å². The van der Waals surface area contributed by atoms with Crippen LogP contribution in [0.5, 0.6) is 0 Å². The van der Waals surface area contributed by atoms with E-state index in [-0.39, 0.29) is 18.3 Å². The lowest BCUT2D eigenvalue weighted by Crippen LogP contribution is -2.41. The number of aryl methyl sites for hydroxylation is 1. The Hall–Kier alpha value is -0.780. The number of hydrogen-bond acceptors (Lipinski definition) is 3. The fourth-order valence-corrected chi connectivity index (χ4v) is 3.23. The summed E-state index contributed by atoms with van der Waals surface area (Å²) in [5.41, 5.74) is 0.373. The van der Waals surface area contributed by atoms with E-state index < -0.39 is 0 Å². The van der Waals surface area contributed by atoms with E-state index in [0.29, 0.717) is 22.7 Å². The first-order valence-corrected chi connectivity index (χ1v) is 6.75. The van der Waals surface area contributed by atoms with Gasteiger partial charge in [-0.2, -0.15) is 5.10 Å². The maximum atomic E-state index is 12.4. The summed E-state index contributed by atoms with van der Waals surface area (Å²) in [6.45, 7) is 2.66. The van der Waals surface area contributed by atoms with Gasteiger partial charge in [-0.3, -0.25) is 9.48 Å². The molecule has 0 saturated carbocycles. The van der Waals surface area contributed by atoms with Crippen LogP contribution in [0.1, 0.15) is 23.3 Å². The summed E-state index contributed by atoms with van der Waals surface area (Å²) in [5.74, 6) is 0.544. The largest absolute Gasteiger partial charge is 0.335 e. The molecule has 5 nitrogen and oxygen atoms in total. The average Bonchev–Trinajstić information content (AvgIpc) is 2.91. The maximum absolute atomic E-state index is 12.4. The number of likely N-dealkylation sites (tertiary alicyclic amines) is 1. The summed E-state index contributed by atoms with van der Waals surface area (Å²) in [6.07, 6.45) is 4.07. The molecule has 2 aliphatic heterocycles. The Balaban J connectivity index is 0.00000133. The van der Waals surface area contributed by atoms with Gasteiger partial charge in [0.2, 0.25) is 0 Å². The molecule has 0 aromatic carbocycles. The molecule has 0 aliphatic carbocycles. The summed E-state index contributed by atoms with van der Waals surface area (Å²) in [7, 11) is 1.77. The van der Waals surface area contributed by atoms with E-state index in [4.69, 9.17) is 11.6 Å². The van der Waals surface area contributed by atoms with Gasteiger partial charge in [0, 0.05) is 32.4 Å². The van der Waals surface area contributed by atoms with Crippen LogP contribution >= 0.6 is 24.0 Å². The number of carbonyl (C=O) groups is 1. The van der Waals surface area contributed by atoms with Crippen molar-refractivity contribution in [2.24, 2.45) is 13.0 Å². The van der Waals surface area contributed by atoms with Gasteiger partial charge >= 0.3 is 0 Å². The second-order valence-electron chi connectivity index (χ2n) is 5.17. The predicted octanol–water partition coefficient (Wildman–Crippen LogP) is 1.32. The molecule has 1 N–H and O–H groups in total.